The van der Waals surface area contributed by atoms with E-state index >= 15 is 0 Å². The number of hydrogen-bond donors (Lipinski definition) is 2. The van der Waals surface area contributed by atoms with E-state index in [-0.39, 0.29) is 23.1 Å². The summed E-state index contributed by atoms with van der Waals surface area (Å²) < 4.78 is 0. The van der Waals surface area contributed by atoms with Gasteiger partial charge in [0.1, 0.15) is 18.1 Å². The number of anilines is 1. The van der Waals surface area contributed by atoms with Crippen molar-refractivity contribution in [2.24, 2.45) is 11.1 Å². The van der Waals surface area contributed by atoms with Crippen molar-refractivity contribution in [2.45, 2.75) is 13.8 Å². The summed E-state index contributed by atoms with van der Waals surface area (Å²) in [6.45, 7) is 4.15. The summed E-state index contributed by atoms with van der Waals surface area (Å²) in [5.41, 5.74) is -0.196. The first-order valence-corrected chi connectivity index (χ1v) is 5.65. The second-order valence-corrected chi connectivity index (χ2v) is 4.10. The third kappa shape index (κ3) is 4.74. The van der Waals surface area contributed by atoms with Gasteiger partial charge in [-0.05, 0) is 18.1 Å². The van der Waals surface area contributed by atoms with Crippen molar-refractivity contribution in [1.82, 2.24) is 4.98 Å². The van der Waals surface area contributed by atoms with Gasteiger partial charge in [-0.1, -0.05) is 25.1 Å². The zero-order chi connectivity index (χ0) is 14.3. The van der Waals surface area contributed by atoms with E-state index < -0.39 is 5.97 Å². The Morgan fingerprint density at radius 2 is 2.32 bits per heavy atom. The van der Waals surface area contributed by atoms with Crippen molar-refractivity contribution in [3.63, 3.8) is 0 Å². The van der Waals surface area contributed by atoms with Crippen LogP contribution < -0.4 is 5.32 Å². The number of nitrogens with one attached hydrogen (secondary N) is 1. The molecule has 7 nitrogen and oxygen atoms in total. The molecule has 0 spiro atoms. The third-order valence-electron chi connectivity index (χ3n) is 1.96. The molecule has 0 bridgehead atoms. The monoisotopic (exact) mass is 265 g/mol. The van der Waals surface area contributed by atoms with Crippen LogP contribution in [0.2, 0.25) is 0 Å². The number of carboxylic acids is 1. The third-order valence-corrected chi connectivity index (χ3v) is 1.96. The van der Waals surface area contributed by atoms with Crippen molar-refractivity contribution in [3.8, 4) is 0 Å². The number of pyridine rings is 1. The minimum atomic E-state index is -1.25. The quantitative estimate of drug-likeness (QED) is 0.437. The molecule has 0 aromatic carbocycles. The summed E-state index contributed by atoms with van der Waals surface area (Å²) in [4.78, 5) is 30.3. The van der Waals surface area contributed by atoms with Crippen LogP contribution in [0.25, 0.3) is 0 Å². The average molecular weight is 265 g/mol. The molecule has 0 unspecified atom stereocenters. The number of aromatic nitrogens is 1. The molecule has 1 aromatic heterocycles. The second-order valence-electron chi connectivity index (χ2n) is 4.10. The average Bonchev–Trinajstić information content (AvgIpc) is 2.34. The van der Waals surface area contributed by atoms with Gasteiger partial charge in [-0.2, -0.15) is 0 Å². The fourth-order valence-corrected chi connectivity index (χ4v) is 1.15. The molecule has 1 rings (SSSR count). The Labute approximate surface area is 110 Å². The Bertz CT molecular complexity index is 486. The van der Waals surface area contributed by atoms with E-state index in [0.29, 0.717) is 13.0 Å². The van der Waals surface area contributed by atoms with Crippen molar-refractivity contribution >= 4 is 23.9 Å². The number of carbonyl (C=O) groups is 2. The van der Waals surface area contributed by atoms with Crippen LogP contribution in [0.3, 0.4) is 0 Å². The predicted octanol–water partition coefficient (Wildman–Crippen LogP) is 1.11. The zero-order valence-corrected chi connectivity index (χ0v) is 10.7. The summed E-state index contributed by atoms with van der Waals surface area (Å²) in [5, 5.41) is 15.0. The molecular formula is C12H15N3O4. The largest absolute Gasteiger partial charge is 0.476 e. The lowest BCUT2D eigenvalue weighted by molar-refractivity contribution is -0.129. The Hall–Kier alpha value is -2.44. The number of carboxylic acid groups (broad SMARTS) is 1. The minimum Gasteiger partial charge on any atom is -0.476 e. The molecule has 0 saturated heterocycles. The fourth-order valence-electron chi connectivity index (χ4n) is 1.15. The highest BCUT2D eigenvalue weighted by atomic mass is 16.6. The molecule has 19 heavy (non-hydrogen) atoms. The Morgan fingerprint density at radius 3 is 2.89 bits per heavy atom. The number of nitrogens with zero attached hydrogens (tertiary/aromatic N) is 2. The molecule has 2 N–H and O–H groups in total. The van der Waals surface area contributed by atoms with Crippen molar-refractivity contribution in [1.29, 1.82) is 0 Å². The number of carbonyl (C=O) groups excluding carboxylic acids is 1. The van der Waals surface area contributed by atoms with E-state index in [1.54, 1.807) is 6.07 Å². The van der Waals surface area contributed by atoms with Crippen molar-refractivity contribution in [2.75, 3.05) is 11.9 Å². The van der Waals surface area contributed by atoms with Crippen LogP contribution in [0.1, 0.15) is 19.5 Å². The molecule has 0 aliphatic carbocycles. The topological polar surface area (TPSA) is 101 Å². The van der Waals surface area contributed by atoms with E-state index in [1.807, 2.05) is 13.8 Å². The Morgan fingerprint density at radius 1 is 1.58 bits per heavy atom. The predicted molar refractivity (Wildman–Crippen MR) is 68.9 cm³/mol. The summed E-state index contributed by atoms with van der Waals surface area (Å²) >= 11 is 0. The molecule has 7 heteroatoms. The van der Waals surface area contributed by atoms with Crippen LogP contribution in [-0.4, -0.2) is 34.8 Å². The molecule has 0 fully saturated rings. The van der Waals surface area contributed by atoms with Gasteiger partial charge >= 0.3 is 5.97 Å². The smallest absolute Gasteiger partial charge is 0.360 e. The van der Waals surface area contributed by atoms with Gasteiger partial charge in [-0.15, -0.1) is 0 Å². The van der Waals surface area contributed by atoms with Crippen LogP contribution in [0.5, 0.6) is 0 Å². The van der Waals surface area contributed by atoms with Crippen LogP contribution in [-0.2, 0) is 14.4 Å². The number of aliphatic carboxylic acids is 1. The zero-order valence-electron chi connectivity index (χ0n) is 10.7. The highest BCUT2D eigenvalue weighted by molar-refractivity contribution is 6.41. The summed E-state index contributed by atoms with van der Waals surface area (Å²) in [6.07, 6.45) is 0.457. The van der Waals surface area contributed by atoms with E-state index in [2.05, 4.69) is 15.5 Å². The summed E-state index contributed by atoms with van der Waals surface area (Å²) in [5.74, 6) is -0.778. The van der Waals surface area contributed by atoms with Crippen LogP contribution in [0.15, 0.2) is 23.4 Å². The van der Waals surface area contributed by atoms with Gasteiger partial charge in [-0.25, -0.2) is 9.78 Å². The van der Waals surface area contributed by atoms with Crippen molar-refractivity contribution in [3.05, 3.63) is 23.9 Å². The minimum absolute atomic E-state index is 0.114. The van der Waals surface area contributed by atoms with Crippen LogP contribution in [0.4, 0.5) is 5.82 Å². The summed E-state index contributed by atoms with van der Waals surface area (Å²) in [6, 6.07) is 4.57. The Balaban J connectivity index is 2.95. The highest BCUT2D eigenvalue weighted by Crippen LogP contribution is 2.06. The molecule has 1 aromatic rings. The molecular weight excluding hydrogens is 250 g/mol. The maximum absolute atomic E-state index is 11.1. The first-order chi connectivity index (χ1) is 9.04. The van der Waals surface area contributed by atoms with Crippen molar-refractivity contribution < 1.29 is 19.5 Å². The maximum atomic E-state index is 11.1. The standard InChI is InChI=1S/C12H15N3O4/c1-8(2)6-19-15-11(12(17)18)9-4-3-5-10(14-9)13-7-16/h3-5,7-8H,6H2,1-2H3,(H,17,18)(H,13,14,16)/b15-11+. The Kier molecular flexibility index (Phi) is 5.46. The van der Waals surface area contributed by atoms with Crippen LogP contribution >= 0.6 is 0 Å². The van der Waals surface area contributed by atoms with E-state index in [1.165, 1.54) is 12.1 Å². The van der Waals surface area contributed by atoms with Gasteiger partial charge in [0.15, 0.2) is 0 Å². The molecule has 0 aliphatic rings. The molecule has 0 saturated carbocycles. The molecule has 0 aliphatic heterocycles. The highest BCUT2D eigenvalue weighted by Gasteiger charge is 2.15. The van der Waals surface area contributed by atoms with E-state index in [0.717, 1.165) is 0 Å². The summed E-state index contributed by atoms with van der Waals surface area (Å²) in [7, 11) is 0. The lowest BCUT2D eigenvalue weighted by Crippen LogP contribution is -2.17. The lowest BCUT2D eigenvalue weighted by Gasteiger charge is -2.05. The normalized spacial score (nSPS) is 11.2. The van der Waals surface area contributed by atoms with Gasteiger partial charge in [0.2, 0.25) is 12.1 Å². The fraction of sp³-hybridized carbons (Fsp3) is 0.333. The van der Waals surface area contributed by atoms with Gasteiger partial charge in [0, 0.05) is 0 Å². The van der Waals surface area contributed by atoms with Gasteiger partial charge < -0.3 is 15.3 Å². The molecule has 1 amide bonds. The lowest BCUT2D eigenvalue weighted by atomic mass is 10.2. The SMILES string of the molecule is CC(C)CO/N=C(/C(=O)O)c1cccc(NC=O)n1. The first kappa shape index (κ1) is 14.6. The van der Waals surface area contributed by atoms with Gasteiger partial charge in [-0.3, -0.25) is 4.79 Å². The maximum Gasteiger partial charge on any atom is 0.360 e. The molecule has 0 radical (unpaired) electrons. The molecule has 0 atom stereocenters. The number of amides is 1. The van der Waals surface area contributed by atoms with Gasteiger partial charge in [0.25, 0.3) is 0 Å². The molecule has 1 heterocycles. The van der Waals surface area contributed by atoms with Crippen LogP contribution in [0, 0.1) is 5.92 Å². The number of hydrogen-bond acceptors (Lipinski definition) is 5. The number of rotatable bonds is 7. The second kappa shape index (κ2) is 7.10. The number of oxime groups is 1. The van der Waals surface area contributed by atoms with Gasteiger partial charge in [0.05, 0.1) is 0 Å². The molecule has 102 valence electrons. The first-order valence-electron chi connectivity index (χ1n) is 5.65. The van der Waals surface area contributed by atoms with E-state index in [9.17, 15) is 9.59 Å². The van der Waals surface area contributed by atoms with E-state index in [4.69, 9.17) is 9.94 Å².